The van der Waals surface area contributed by atoms with Crippen LogP contribution in [0.15, 0.2) is 47.1 Å². The number of likely N-dealkylation sites (N-methyl/N-ethyl adjacent to an activating group) is 1. The lowest BCUT2D eigenvalue weighted by Crippen LogP contribution is -2.33. The fourth-order valence-corrected chi connectivity index (χ4v) is 2.32. The van der Waals surface area contributed by atoms with Gasteiger partial charge in [-0.2, -0.15) is 0 Å². The lowest BCUT2D eigenvalue weighted by atomic mass is 10.2. The highest BCUT2D eigenvalue weighted by atomic mass is 79.9. The molecular weight excluding hydrogens is 402 g/mol. The first-order valence-corrected chi connectivity index (χ1v) is 8.68. The Morgan fingerprint density at radius 2 is 1.92 bits per heavy atom. The lowest BCUT2D eigenvalue weighted by molar-refractivity contribution is -0.117. The van der Waals surface area contributed by atoms with Crippen LogP contribution in [0, 0.1) is 0 Å². The first kappa shape index (κ1) is 19.9. The molecule has 138 valence electrons. The molecule has 7 nitrogen and oxygen atoms in total. The van der Waals surface area contributed by atoms with Gasteiger partial charge in [0.1, 0.15) is 18.2 Å². The molecule has 2 aromatic rings. The maximum absolute atomic E-state index is 12.0. The molecule has 2 rings (SSSR count). The summed E-state index contributed by atoms with van der Waals surface area (Å²) in [5, 5.41) is 2.73. The number of hydrogen-bond acceptors (Lipinski definition) is 6. The number of esters is 1. The van der Waals surface area contributed by atoms with Crippen LogP contribution in [-0.2, 0) is 9.53 Å². The largest absolute Gasteiger partial charge is 0.492 e. The summed E-state index contributed by atoms with van der Waals surface area (Å²) in [5.74, 6) is 0.621. The zero-order chi connectivity index (χ0) is 18.9. The number of nitrogens with one attached hydrogen (secondary N) is 1. The van der Waals surface area contributed by atoms with Gasteiger partial charge in [0.25, 0.3) is 0 Å². The third-order valence-corrected chi connectivity index (χ3v) is 3.89. The quantitative estimate of drug-likeness (QED) is 0.659. The summed E-state index contributed by atoms with van der Waals surface area (Å²) in [6.45, 7) is 1.21. The summed E-state index contributed by atoms with van der Waals surface area (Å²) in [6, 6.07) is 10.2. The number of pyridine rings is 1. The first-order chi connectivity index (χ1) is 12.5. The number of carbonyl (C=O) groups is 2. The monoisotopic (exact) mass is 421 g/mol. The topological polar surface area (TPSA) is 80.8 Å². The predicted molar refractivity (Wildman–Crippen MR) is 101 cm³/mol. The molecular formula is C18H20BrN3O4. The maximum Gasteiger partial charge on any atom is 0.337 e. The highest BCUT2D eigenvalue weighted by Crippen LogP contribution is 2.13. The van der Waals surface area contributed by atoms with E-state index in [1.807, 2.05) is 18.0 Å². The Morgan fingerprint density at radius 1 is 1.19 bits per heavy atom. The van der Waals surface area contributed by atoms with Gasteiger partial charge in [0.2, 0.25) is 5.91 Å². The molecule has 0 saturated carbocycles. The SMILES string of the molecule is COC(=O)c1ccc(OCCN(C)CC(=O)Nc2ccc(Br)cn2)cc1. The second-order valence-corrected chi connectivity index (χ2v) is 6.43. The van der Waals surface area contributed by atoms with Crippen molar-refractivity contribution in [3.8, 4) is 5.75 Å². The van der Waals surface area contributed by atoms with Gasteiger partial charge in [-0.25, -0.2) is 9.78 Å². The van der Waals surface area contributed by atoms with Crippen LogP contribution >= 0.6 is 15.9 Å². The Bertz CT molecular complexity index is 735. The lowest BCUT2D eigenvalue weighted by Gasteiger charge is -2.16. The molecule has 1 N–H and O–H groups in total. The molecule has 1 aromatic heterocycles. The van der Waals surface area contributed by atoms with Gasteiger partial charge >= 0.3 is 5.97 Å². The van der Waals surface area contributed by atoms with Gasteiger partial charge in [0.15, 0.2) is 0 Å². The molecule has 0 saturated heterocycles. The number of amides is 1. The van der Waals surface area contributed by atoms with E-state index in [1.165, 1.54) is 7.11 Å². The van der Waals surface area contributed by atoms with Crippen LogP contribution in [0.5, 0.6) is 5.75 Å². The Balaban J connectivity index is 1.71. The summed E-state index contributed by atoms with van der Waals surface area (Å²) < 4.78 is 11.1. The molecule has 26 heavy (non-hydrogen) atoms. The van der Waals surface area contributed by atoms with Crippen molar-refractivity contribution in [2.45, 2.75) is 0 Å². The van der Waals surface area contributed by atoms with E-state index in [2.05, 4.69) is 31.0 Å². The summed E-state index contributed by atoms with van der Waals surface area (Å²) in [6.07, 6.45) is 1.62. The zero-order valence-corrected chi connectivity index (χ0v) is 16.2. The van der Waals surface area contributed by atoms with E-state index in [4.69, 9.17) is 4.74 Å². The normalized spacial score (nSPS) is 10.5. The molecule has 0 unspecified atom stereocenters. The van der Waals surface area contributed by atoms with Crippen molar-refractivity contribution in [2.75, 3.05) is 39.2 Å². The summed E-state index contributed by atoms with van der Waals surface area (Å²) in [5.41, 5.74) is 0.468. The molecule has 0 bridgehead atoms. The number of carbonyl (C=O) groups excluding carboxylic acids is 2. The standard InChI is InChI=1S/C18H20BrN3O4/c1-22(12-17(23)21-16-8-5-14(19)11-20-16)9-10-26-15-6-3-13(4-7-15)18(24)25-2/h3-8,11H,9-10,12H2,1-2H3,(H,20,21,23). The van der Waals surface area contributed by atoms with E-state index in [9.17, 15) is 9.59 Å². The second-order valence-electron chi connectivity index (χ2n) is 5.51. The van der Waals surface area contributed by atoms with E-state index in [0.29, 0.717) is 30.3 Å². The molecule has 0 aliphatic heterocycles. The fourth-order valence-electron chi connectivity index (χ4n) is 2.08. The average Bonchev–Trinajstić information content (AvgIpc) is 2.63. The van der Waals surface area contributed by atoms with E-state index in [0.717, 1.165) is 4.47 Å². The zero-order valence-electron chi connectivity index (χ0n) is 14.6. The van der Waals surface area contributed by atoms with Crippen LogP contribution in [0.2, 0.25) is 0 Å². The van der Waals surface area contributed by atoms with Crippen LogP contribution in [0.3, 0.4) is 0 Å². The molecule has 1 heterocycles. The maximum atomic E-state index is 12.0. The third-order valence-electron chi connectivity index (χ3n) is 3.43. The Labute approximate surface area is 160 Å². The molecule has 8 heteroatoms. The smallest absolute Gasteiger partial charge is 0.337 e. The number of anilines is 1. The Morgan fingerprint density at radius 3 is 2.54 bits per heavy atom. The summed E-state index contributed by atoms with van der Waals surface area (Å²) in [4.78, 5) is 29.3. The van der Waals surface area contributed by atoms with Crippen LogP contribution in [-0.4, -0.2) is 55.6 Å². The predicted octanol–water partition coefficient (Wildman–Crippen LogP) is 2.58. The minimum Gasteiger partial charge on any atom is -0.492 e. The molecule has 0 aliphatic carbocycles. The van der Waals surface area contributed by atoms with Gasteiger partial charge in [-0.3, -0.25) is 9.69 Å². The third kappa shape index (κ3) is 6.45. The number of rotatable bonds is 8. The molecule has 1 amide bonds. The van der Waals surface area contributed by atoms with E-state index >= 15 is 0 Å². The number of benzene rings is 1. The number of aromatic nitrogens is 1. The van der Waals surface area contributed by atoms with Crippen LogP contribution in [0.4, 0.5) is 5.82 Å². The fraction of sp³-hybridized carbons (Fsp3) is 0.278. The van der Waals surface area contributed by atoms with Crippen molar-refractivity contribution in [3.63, 3.8) is 0 Å². The molecule has 0 fully saturated rings. The van der Waals surface area contributed by atoms with Crippen molar-refractivity contribution >= 4 is 33.6 Å². The van der Waals surface area contributed by atoms with Gasteiger partial charge in [-0.05, 0) is 59.4 Å². The van der Waals surface area contributed by atoms with Crippen LogP contribution in [0.25, 0.3) is 0 Å². The molecule has 0 atom stereocenters. The van der Waals surface area contributed by atoms with Crippen molar-refractivity contribution in [3.05, 3.63) is 52.6 Å². The van der Waals surface area contributed by atoms with Crippen LogP contribution < -0.4 is 10.1 Å². The van der Waals surface area contributed by atoms with Crippen molar-refractivity contribution in [2.24, 2.45) is 0 Å². The summed E-state index contributed by atoms with van der Waals surface area (Å²) >= 11 is 3.29. The number of methoxy groups -OCH3 is 1. The van der Waals surface area contributed by atoms with Crippen molar-refractivity contribution in [1.29, 1.82) is 0 Å². The molecule has 0 radical (unpaired) electrons. The highest BCUT2D eigenvalue weighted by molar-refractivity contribution is 9.10. The molecule has 0 aliphatic rings. The van der Waals surface area contributed by atoms with Gasteiger partial charge in [-0.1, -0.05) is 0 Å². The second kappa shape index (κ2) is 9.88. The number of halogens is 1. The van der Waals surface area contributed by atoms with Gasteiger partial charge in [0, 0.05) is 17.2 Å². The number of ether oxygens (including phenoxy) is 2. The molecule has 1 aromatic carbocycles. The van der Waals surface area contributed by atoms with E-state index in [1.54, 1.807) is 36.5 Å². The van der Waals surface area contributed by atoms with E-state index in [-0.39, 0.29) is 18.4 Å². The highest BCUT2D eigenvalue weighted by Gasteiger charge is 2.08. The molecule has 0 spiro atoms. The number of hydrogen-bond donors (Lipinski definition) is 1. The first-order valence-electron chi connectivity index (χ1n) is 7.89. The van der Waals surface area contributed by atoms with E-state index < -0.39 is 0 Å². The number of nitrogens with zero attached hydrogens (tertiary/aromatic N) is 2. The Kier molecular flexibility index (Phi) is 7.55. The van der Waals surface area contributed by atoms with Crippen LogP contribution in [0.1, 0.15) is 10.4 Å². The summed E-state index contributed by atoms with van der Waals surface area (Å²) in [7, 11) is 3.17. The minimum atomic E-state index is -0.387. The van der Waals surface area contributed by atoms with Gasteiger partial charge in [0.05, 0.1) is 19.2 Å². The van der Waals surface area contributed by atoms with Crippen molar-refractivity contribution < 1.29 is 19.1 Å². The Hall–Kier alpha value is -2.45. The average molecular weight is 422 g/mol. The van der Waals surface area contributed by atoms with Gasteiger partial charge < -0.3 is 14.8 Å². The minimum absolute atomic E-state index is 0.148. The van der Waals surface area contributed by atoms with Gasteiger partial charge in [-0.15, -0.1) is 0 Å². The van der Waals surface area contributed by atoms with Crippen molar-refractivity contribution in [1.82, 2.24) is 9.88 Å².